The summed E-state index contributed by atoms with van der Waals surface area (Å²) in [5.41, 5.74) is -2.14. The smallest absolute Gasteiger partial charge is 0.450 e. The zero-order valence-corrected chi connectivity index (χ0v) is 8.57. The van der Waals surface area contributed by atoms with Crippen molar-refractivity contribution in [3.05, 3.63) is 0 Å². The van der Waals surface area contributed by atoms with Gasteiger partial charge < -0.3 is 9.84 Å². The van der Waals surface area contributed by atoms with Crippen LogP contribution >= 0.6 is 0 Å². The van der Waals surface area contributed by atoms with Crippen LogP contribution in [0.2, 0.25) is 0 Å². The van der Waals surface area contributed by atoms with E-state index in [1.54, 1.807) is 13.8 Å². The second-order valence-electron chi connectivity index (χ2n) is 4.70. The number of Topliss-reactive ketones (excluding diaryl/α,β-unsaturated/α-hetero) is 2. The molecule has 82 valence electrons. The van der Waals surface area contributed by atoms with E-state index in [0.29, 0.717) is 12.8 Å². The van der Waals surface area contributed by atoms with Gasteiger partial charge in [0, 0.05) is 11.3 Å². The van der Waals surface area contributed by atoms with Crippen molar-refractivity contribution in [1.82, 2.24) is 0 Å². The molecule has 0 heterocycles. The van der Waals surface area contributed by atoms with E-state index in [9.17, 15) is 14.4 Å². The molecule has 5 nitrogen and oxygen atoms in total. The van der Waals surface area contributed by atoms with Gasteiger partial charge in [-0.25, -0.2) is 4.79 Å². The monoisotopic (exact) mass is 212 g/mol. The molecule has 0 radical (unpaired) electrons. The highest BCUT2D eigenvalue weighted by Gasteiger charge is 2.71. The molecule has 0 aromatic carbocycles. The number of rotatable bonds is 1. The lowest BCUT2D eigenvalue weighted by Gasteiger charge is -2.33. The highest BCUT2D eigenvalue weighted by molar-refractivity contribution is 6.44. The minimum atomic E-state index is -1.49. The summed E-state index contributed by atoms with van der Waals surface area (Å²) in [5, 5.41) is 8.64. The van der Waals surface area contributed by atoms with E-state index in [1.165, 1.54) is 0 Å². The molecular weight excluding hydrogens is 200 g/mol. The van der Waals surface area contributed by atoms with Gasteiger partial charge in [0.05, 0.1) is 0 Å². The summed E-state index contributed by atoms with van der Waals surface area (Å²) in [6.07, 6.45) is -0.640. The molecule has 0 aromatic rings. The molecule has 0 aromatic heterocycles. The zero-order valence-electron chi connectivity index (χ0n) is 8.57. The number of ether oxygens (including phenoxy) is 1. The summed E-state index contributed by atoms with van der Waals surface area (Å²) in [6, 6.07) is 0. The maximum Gasteiger partial charge on any atom is 0.506 e. The first-order chi connectivity index (χ1) is 6.83. The van der Waals surface area contributed by atoms with Gasteiger partial charge >= 0.3 is 6.16 Å². The lowest BCUT2D eigenvalue weighted by molar-refractivity contribution is -0.149. The number of carboxylic acid groups (broad SMARTS) is 1. The van der Waals surface area contributed by atoms with Crippen molar-refractivity contribution in [1.29, 1.82) is 0 Å². The number of hydrogen-bond acceptors (Lipinski definition) is 4. The van der Waals surface area contributed by atoms with Crippen LogP contribution in [0.15, 0.2) is 0 Å². The van der Waals surface area contributed by atoms with Gasteiger partial charge in [-0.15, -0.1) is 0 Å². The van der Waals surface area contributed by atoms with Gasteiger partial charge in [0.2, 0.25) is 11.6 Å². The lowest BCUT2D eigenvalue weighted by atomic mass is 9.78. The summed E-state index contributed by atoms with van der Waals surface area (Å²) in [6.45, 7) is 3.44. The number of hydrogen-bond donors (Lipinski definition) is 1. The third kappa shape index (κ3) is 0.952. The molecule has 2 aliphatic carbocycles. The summed E-state index contributed by atoms with van der Waals surface area (Å²) in [5.74, 6) is -1.54. The van der Waals surface area contributed by atoms with Crippen molar-refractivity contribution >= 4 is 17.7 Å². The fourth-order valence-electron chi connectivity index (χ4n) is 2.91. The van der Waals surface area contributed by atoms with Gasteiger partial charge in [0.15, 0.2) is 5.60 Å². The maximum absolute atomic E-state index is 11.7. The second-order valence-corrected chi connectivity index (χ2v) is 4.70. The van der Waals surface area contributed by atoms with Crippen LogP contribution in [0.3, 0.4) is 0 Å². The molecule has 2 rings (SSSR count). The normalized spacial score (nSPS) is 37.1. The fraction of sp³-hybridized carbons (Fsp3) is 0.700. The van der Waals surface area contributed by atoms with Gasteiger partial charge in [0.25, 0.3) is 0 Å². The van der Waals surface area contributed by atoms with E-state index in [0.717, 1.165) is 0 Å². The fourth-order valence-corrected chi connectivity index (χ4v) is 2.91. The van der Waals surface area contributed by atoms with Crippen LogP contribution in [0.4, 0.5) is 4.79 Å². The minimum Gasteiger partial charge on any atom is -0.450 e. The van der Waals surface area contributed by atoms with E-state index < -0.39 is 28.7 Å². The van der Waals surface area contributed by atoms with Crippen molar-refractivity contribution < 1.29 is 24.2 Å². The average Bonchev–Trinajstić information content (AvgIpc) is 2.41. The largest absolute Gasteiger partial charge is 0.506 e. The summed E-state index contributed by atoms with van der Waals surface area (Å²) in [4.78, 5) is 33.8. The molecule has 2 bridgehead atoms. The summed E-state index contributed by atoms with van der Waals surface area (Å²) in [7, 11) is 0. The topological polar surface area (TPSA) is 80.7 Å². The van der Waals surface area contributed by atoms with Crippen LogP contribution in [0.25, 0.3) is 0 Å². The van der Waals surface area contributed by atoms with Crippen molar-refractivity contribution in [2.24, 2.45) is 11.3 Å². The second kappa shape index (κ2) is 2.59. The third-order valence-corrected chi connectivity index (χ3v) is 3.87. The number of carbonyl (C=O) groups excluding carboxylic acids is 2. The molecule has 2 fully saturated rings. The number of fused-ring (bicyclic) bond motifs is 2. The Morgan fingerprint density at radius 2 is 2.07 bits per heavy atom. The molecule has 0 aliphatic heterocycles. The number of ketones is 2. The average molecular weight is 212 g/mol. The summed E-state index contributed by atoms with van der Waals surface area (Å²) < 4.78 is 4.73. The van der Waals surface area contributed by atoms with Crippen LogP contribution in [0.1, 0.15) is 26.7 Å². The molecule has 0 saturated heterocycles. The van der Waals surface area contributed by atoms with Gasteiger partial charge in [-0.3, -0.25) is 9.59 Å². The van der Waals surface area contributed by atoms with Gasteiger partial charge in [0.1, 0.15) is 0 Å². The van der Waals surface area contributed by atoms with Crippen molar-refractivity contribution in [3.8, 4) is 0 Å². The maximum atomic E-state index is 11.7. The Morgan fingerprint density at radius 1 is 1.47 bits per heavy atom. The molecule has 2 atom stereocenters. The molecule has 2 unspecified atom stereocenters. The Kier molecular flexibility index (Phi) is 1.75. The van der Waals surface area contributed by atoms with Crippen molar-refractivity contribution in [2.75, 3.05) is 0 Å². The standard InChI is InChI=1S/C10H12O5/c1-9(2)5-3-4-10(9,15-8(13)14)7(12)6(5)11/h5H,3-4H2,1-2H3,(H,13,14). The Bertz CT molecular complexity index is 370. The van der Waals surface area contributed by atoms with Crippen molar-refractivity contribution in [2.45, 2.75) is 32.3 Å². The lowest BCUT2D eigenvalue weighted by Crippen LogP contribution is -2.48. The van der Waals surface area contributed by atoms with E-state index in [1.807, 2.05) is 0 Å². The van der Waals surface area contributed by atoms with E-state index in [4.69, 9.17) is 9.84 Å². The highest BCUT2D eigenvalue weighted by Crippen LogP contribution is 2.58. The van der Waals surface area contributed by atoms with Crippen LogP contribution in [-0.4, -0.2) is 28.4 Å². The Labute approximate surface area is 86.4 Å². The van der Waals surface area contributed by atoms with E-state index in [2.05, 4.69) is 0 Å². The van der Waals surface area contributed by atoms with E-state index in [-0.39, 0.29) is 5.92 Å². The van der Waals surface area contributed by atoms with Crippen molar-refractivity contribution in [3.63, 3.8) is 0 Å². The molecule has 0 amide bonds. The summed E-state index contributed by atoms with van der Waals surface area (Å²) >= 11 is 0. The Morgan fingerprint density at radius 3 is 2.47 bits per heavy atom. The van der Waals surface area contributed by atoms with Crippen LogP contribution in [-0.2, 0) is 14.3 Å². The Balaban J connectivity index is 2.49. The molecule has 2 aliphatic rings. The highest BCUT2D eigenvalue weighted by atomic mass is 16.7. The third-order valence-electron chi connectivity index (χ3n) is 3.87. The molecular formula is C10H12O5. The predicted molar refractivity (Wildman–Crippen MR) is 48.4 cm³/mol. The minimum absolute atomic E-state index is 0.321. The van der Waals surface area contributed by atoms with Gasteiger partial charge in [-0.1, -0.05) is 13.8 Å². The molecule has 0 spiro atoms. The molecule has 5 heteroatoms. The SMILES string of the molecule is CC1(C)C2CCC1(OC(=O)O)C(=O)C2=O. The zero-order chi connectivity index (χ0) is 11.4. The molecule has 15 heavy (non-hydrogen) atoms. The predicted octanol–water partition coefficient (Wildman–Crippen LogP) is 1.01. The quantitative estimate of drug-likeness (QED) is 0.518. The van der Waals surface area contributed by atoms with Gasteiger partial charge in [-0.05, 0) is 12.8 Å². The first kappa shape index (κ1) is 10.1. The first-order valence-electron chi connectivity index (χ1n) is 4.83. The number of carbonyl (C=O) groups is 3. The van der Waals surface area contributed by atoms with Crippen LogP contribution < -0.4 is 0 Å². The van der Waals surface area contributed by atoms with E-state index >= 15 is 0 Å². The Hall–Kier alpha value is -1.39. The van der Waals surface area contributed by atoms with Gasteiger partial charge in [-0.2, -0.15) is 0 Å². The molecule has 2 saturated carbocycles. The molecule has 1 N–H and O–H groups in total. The first-order valence-corrected chi connectivity index (χ1v) is 4.83. The van der Waals surface area contributed by atoms with Crippen LogP contribution in [0.5, 0.6) is 0 Å². The van der Waals surface area contributed by atoms with Crippen LogP contribution in [0, 0.1) is 11.3 Å².